The Morgan fingerprint density at radius 1 is 1.28 bits per heavy atom. The molecule has 0 radical (unpaired) electrons. The molecule has 0 fully saturated rings. The lowest BCUT2D eigenvalue weighted by Crippen LogP contribution is -2.31. The largest absolute Gasteiger partial charge is 0.479 e. The van der Waals surface area contributed by atoms with E-state index in [1.54, 1.807) is 24.4 Å². The van der Waals surface area contributed by atoms with Gasteiger partial charge in [-0.2, -0.15) is 0 Å². The minimum atomic E-state index is -1.10. The molecule has 1 amide bonds. The predicted molar refractivity (Wildman–Crippen MR) is 95.1 cm³/mol. The second-order valence-corrected chi connectivity index (χ2v) is 5.88. The van der Waals surface area contributed by atoms with Gasteiger partial charge >= 0.3 is 5.97 Å². The molecule has 0 saturated carbocycles. The Hall–Kier alpha value is -3.15. The first kappa shape index (κ1) is 16.7. The number of amides is 1. The van der Waals surface area contributed by atoms with Crippen molar-refractivity contribution in [3.63, 3.8) is 0 Å². The average Bonchev–Trinajstić information content (AvgIpc) is 3.01. The monoisotopic (exact) mass is 337 g/mol. The van der Waals surface area contributed by atoms with Crippen molar-refractivity contribution in [1.82, 2.24) is 15.3 Å². The van der Waals surface area contributed by atoms with E-state index >= 15 is 0 Å². The van der Waals surface area contributed by atoms with E-state index in [2.05, 4.69) is 22.2 Å². The van der Waals surface area contributed by atoms with Crippen LogP contribution in [0, 0.1) is 0 Å². The zero-order valence-corrected chi connectivity index (χ0v) is 14.0. The summed E-state index contributed by atoms with van der Waals surface area (Å²) in [4.78, 5) is 30.4. The third-order valence-electron chi connectivity index (χ3n) is 4.15. The number of aliphatic carboxylic acids is 1. The lowest BCUT2D eigenvalue weighted by Gasteiger charge is -2.14. The Morgan fingerprint density at radius 2 is 2.08 bits per heavy atom. The molecule has 1 aromatic carbocycles. The number of carboxylic acids is 1. The summed E-state index contributed by atoms with van der Waals surface area (Å²) >= 11 is 0. The van der Waals surface area contributed by atoms with Gasteiger partial charge in [-0.1, -0.05) is 25.1 Å². The van der Waals surface area contributed by atoms with E-state index in [1.165, 1.54) is 12.5 Å². The minimum absolute atomic E-state index is 0.388. The number of fused-ring (bicyclic) bond motifs is 1. The topological polar surface area (TPSA) is 95.1 Å². The molecule has 0 aliphatic rings. The fraction of sp³-hybridized carbons (Fsp3) is 0.211. The first-order valence-corrected chi connectivity index (χ1v) is 8.06. The molecule has 1 atom stereocenters. The van der Waals surface area contributed by atoms with E-state index in [1.807, 2.05) is 18.3 Å². The number of hydrogen-bond acceptors (Lipinski definition) is 3. The van der Waals surface area contributed by atoms with Crippen LogP contribution in [0.5, 0.6) is 0 Å². The summed E-state index contributed by atoms with van der Waals surface area (Å²) in [6, 6.07) is 8.12. The number of H-pyrrole nitrogens is 1. The number of aromatic amines is 1. The van der Waals surface area contributed by atoms with Gasteiger partial charge in [0.05, 0.1) is 0 Å². The van der Waals surface area contributed by atoms with Crippen molar-refractivity contribution in [2.24, 2.45) is 0 Å². The van der Waals surface area contributed by atoms with Crippen LogP contribution >= 0.6 is 0 Å². The summed E-state index contributed by atoms with van der Waals surface area (Å²) in [7, 11) is 0. The zero-order valence-electron chi connectivity index (χ0n) is 14.0. The van der Waals surface area contributed by atoms with Crippen molar-refractivity contribution < 1.29 is 14.7 Å². The van der Waals surface area contributed by atoms with Gasteiger partial charge in [0.25, 0.3) is 0 Å². The summed E-state index contributed by atoms with van der Waals surface area (Å²) in [5, 5.41) is 12.9. The molecule has 3 rings (SSSR count). The Balaban J connectivity index is 2.03. The number of carboxylic acid groups (broad SMARTS) is 1. The molecule has 0 saturated heterocycles. The van der Waals surface area contributed by atoms with Crippen LogP contribution in [0.25, 0.3) is 22.2 Å². The Morgan fingerprint density at radius 3 is 2.76 bits per heavy atom. The van der Waals surface area contributed by atoms with Crippen molar-refractivity contribution in [3.8, 4) is 11.1 Å². The molecule has 25 heavy (non-hydrogen) atoms. The highest BCUT2D eigenvalue weighted by molar-refractivity contribution is 5.86. The van der Waals surface area contributed by atoms with Crippen LogP contribution in [0.1, 0.15) is 31.0 Å². The fourth-order valence-electron chi connectivity index (χ4n) is 2.90. The van der Waals surface area contributed by atoms with E-state index in [-0.39, 0.29) is 5.91 Å². The minimum Gasteiger partial charge on any atom is -0.479 e. The van der Waals surface area contributed by atoms with Crippen LogP contribution in [-0.2, 0) is 16.0 Å². The summed E-state index contributed by atoms with van der Waals surface area (Å²) in [5.74, 6) is -1.49. The molecule has 128 valence electrons. The molecule has 3 aromatic rings. The smallest absolute Gasteiger partial charge is 0.330 e. The highest BCUT2D eigenvalue weighted by Gasteiger charge is 2.21. The van der Waals surface area contributed by atoms with Crippen molar-refractivity contribution in [2.45, 2.75) is 26.3 Å². The quantitative estimate of drug-likeness (QED) is 0.667. The van der Waals surface area contributed by atoms with Crippen LogP contribution in [0.3, 0.4) is 0 Å². The van der Waals surface area contributed by atoms with Crippen molar-refractivity contribution in [3.05, 3.63) is 53.9 Å². The highest BCUT2D eigenvalue weighted by Crippen LogP contribution is 2.27. The van der Waals surface area contributed by atoms with Crippen molar-refractivity contribution in [2.75, 3.05) is 0 Å². The number of hydrogen-bond donors (Lipinski definition) is 3. The van der Waals surface area contributed by atoms with Crippen molar-refractivity contribution in [1.29, 1.82) is 0 Å². The number of benzene rings is 1. The number of carbonyl (C=O) groups is 2. The maximum atomic E-state index is 11.5. The van der Waals surface area contributed by atoms with Crippen molar-refractivity contribution >= 4 is 22.9 Å². The molecule has 0 aliphatic heterocycles. The van der Waals surface area contributed by atoms with Gasteiger partial charge in [0.1, 0.15) is 5.65 Å². The predicted octanol–water partition coefficient (Wildman–Crippen LogP) is 3.05. The average molecular weight is 337 g/mol. The second-order valence-electron chi connectivity index (χ2n) is 5.88. The Bertz CT molecular complexity index is 946. The van der Waals surface area contributed by atoms with E-state index in [0.717, 1.165) is 28.6 Å². The molecule has 6 heteroatoms. The van der Waals surface area contributed by atoms with Gasteiger partial charge in [0.15, 0.2) is 6.04 Å². The van der Waals surface area contributed by atoms with Crippen LogP contribution < -0.4 is 5.32 Å². The van der Waals surface area contributed by atoms with Gasteiger partial charge in [-0.25, -0.2) is 9.78 Å². The number of rotatable bonds is 5. The number of aryl methyl sites for hydroxylation is 1. The maximum Gasteiger partial charge on any atom is 0.330 e. The number of nitrogens with one attached hydrogen (secondary N) is 2. The lowest BCUT2D eigenvalue weighted by molar-refractivity contribution is -0.141. The third kappa shape index (κ3) is 3.38. The molecule has 3 N–H and O–H groups in total. The van der Waals surface area contributed by atoms with E-state index < -0.39 is 12.0 Å². The van der Waals surface area contributed by atoms with Gasteiger partial charge in [0.2, 0.25) is 5.91 Å². The maximum absolute atomic E-state index is 11.5. The number of aromatic nitrogens is 2. The molecule has 1 unspecified atom stereocenters. The van der Waals surface area contributed by atoms with Crippen LogP contribution in [0.4, 0.5) is 0 Å². The summed E-state index contributed by atoms with van der Waals surface area (Å²) in [6.45, 7) is 3.39. The third-order valence-corrected chi connectivity index (χ3v) is 4.15. The Labute approximate surface area is 144 Å². The summed E-state index contributed by atoms with van der Waals surface area (Å²) in [6.07, 6.45) is 4.61. The molecule has 2 aromatic heterocycles. The molecule has 0 bridgehead atoms. The first-order valence-electron chi connectivity index (χ1n) is 8.06. The van der Waals surface area contributed by atoms with Gasteiger partial charge < -0.3 is 15.4 Å². The molecule has 6 nitrogen and oxygen atoms in total. The normalized spacial score (nSPS) is 12.1. The molecular formula is C19H19N3O3. The lowest BCUT2D eigenvalue weighted by atomic mass is 9.99. The van der Waals surface area contributed by atoms with Crippen LogP contribution in [-0.4, -0.2) is 27.0 Å². The summed E-state index contributed by atoms with van der Waals surface area (Å²) in [5.41, 5.74) is 4.29. The standard InChI is InChI=1S/C19H19N3O3/c1-3-12-9-20-18-16(12)8-15(10-21-18)13-5-4-6-14(7-13)17(19(24)25)22-11(2)23/h4-10,17H,3H2,1-2H3,(H,20,21)(H,22,23)(H,24,25). The zero-order chi connectivity index (χ0) is 18.0. The van der Waals surface area contributed by atoms with E-state index in [4.69, 9.17) is 0 Å². The van der Waals surface area contributed by atoms with E-state index in [9.17, 15) is 14.7 Å². The van der Waals surface area contributed by atoms with Gasteiger partial charge in [-0.15, -0.1) is 0 Å². The fourth-order valence-corrected chi connectivity index (χ4v) is 2.90. The van der Waals surface area contributed by atoms with Gasteiger partial charge in [-0.3, -0.25) is 4.79 Å². The van der Waals surface area contributed by atoms with Crippen LogP contribution in [0.15, 0.2) is 42.7 Å². The summed E-state index contributed by atoms with van der Waals surface area (Å²) < 4.78 is 0. The second kappa shape index (κ2) is 6.76. The highest BCUT2D eigenvalue weighted by atomic mass is 16.4. The molecule has 2 heterocycles. The number of nitrogens with zero attached hydrogens (tertiary/aromatic N) is 1. The van der Waals surface area contributed by atoms with Crippen LogP contribution in [0.2, 0.25) is 0 Å². The molecule has 0 spiro atoms. The van der Waals surface area contributed by atoms with E-state index in [0.29, 0.717) is 5.56 Å². The van der Waals surface area contributed by atoms with Gasteiger partial charge in [0, 0.05) is 30.3 Å². The number of carbonyl (C=O) groups excluding carboxylic acids is 1. The SMILES string of the molecule is CCc1c[nH]c2ncc(-c3cccc(C(NC(C)=O)C(=O)O)c3)cc12. The Kier molecular flexibility index (Phi) is 4.52. The number of pyridine rings is 1. The first-order chi connectivity index (χ1) is 12.0. The van der Waals surface area contributed by atoms with Gasteiger partial charge in [-0.05, 0) is 35.2 Å². The molecule has 0 aliphatic carbocycles. The molecular weight excluding hydrogens is 318 g/mol.